The highest BCUT2D eigenvalue weighted by Gasteiger charge is 2.30. The van der Waals surface area contributed by atoms with Crippen LogP contribution in [0.25, 0.3) is 0 Å². The van der Waals surface area contributed by atoms with Gasteiger partial charge in [0.05, 0.1) is 11.0 Å². The van der Waals surface area contributed by atoms with Crippen LogP contribution in [0.15, 0.2) is 29.2 Å². The first-order valence-electron chi connectivity index (χ1n) is 7.37. The molecule has 1 heterocycles. The largest absolute Gasteiger partial charge is 0.380 e. The molecule has 118 valence electrons. The fraction of sp³-hybridized carbons (Fsp3) is 0.600. The molecule has 1 aliphatic rings. The first-order valence-corrected chi connectivity index (χ1v) is 8.81. The van der Waals surface area contributed by atoms with Crippen LogP contribution < -0.4 is 5.73 Å². The number of benzene rings is 1. The van der Waals surface area contributed by atoms with E-state index in [1.165, 1.54) is 4.31 Å². The second-order valence-electron chi connectivity index (χ2n) is 5.45. The summed E-state index contributed by atoms with van der Waals surface area (Å²) in [5.41, 5.74) is 6.86. The van der Waals surface area contributed by atoms with Crippen LogP contribution in [0.4, 0.5) is 0 Å². The highest BCUT2D eigenvalue weighted by molar-refractivity contribution is 7.89. The Bertz CT molecular complexity index is 574. The maximum Gasteiger partial charge on any atom is 0.243 e. The van der Waals surface area contributed by atoms with Gasteiger partial charge in [-0.05, 0) is 37.0 Å². The van der Waals surface area contributed by atoms with Crippen LogP contribution in [-0.4, -0.2) is 39.0 Å². The zero-order valence-corrected chi connectivity index (χ0v) is 13.5. The van der Waals surface area contributed by atoms with Crippen LogP contribution in [0.2, 0.25) is 0 Å². The van der Waals surface area contributed by atoms with Crippen molar-refractivity contribution >= 4 is 10.0 Å². The van der Waals surface area contributed by atoms with E-state index in [0.29, 0.717) is 18.0 Å². The standard InChI is InChI=1S/C15H24N2O3S/c1-3-15(16)12-6-4-8-14(10-12)21(18,19)17-9-5-7-13(11-17)20-2/h4,6,8,10,13,15H,3,5,7,9,11,16H2,1-2H3. The number of rotatable bonds is 5. The first-order chi connectivity index (χ1) is 9.98. The van der Waals surface area contributed by atoms with E-state index in [0.717, 1.165) is 24.8 Å². The summed E-state index contributed by atoms with van der Waals surface area (Å²) in [5, 5.41) is 0. The van der Waals surface area contributed by atoms with Gasteiger partial charge in [0.15, 0.2) is 0 Å². The van der Waals surface area contributed by atoms with E-state index in [9.17, 15) is 8.42 Å². The number of hydrogen-bond donors (Lipinski definition) is 1. The number of nitrogens with two attached hydrogens (primary N) is 1. The zero-order chi connectivity index (χ0) is 15.5. The van der Waals surface area contributed by atoms with Gasteiger partial charge in [-0.3, -0.25) is 0 Å². The summed E-state index contributed by atoms with van der Waals surface area (Å²) in [7, 11) is -1.84. The molecule has 0 radical (unpaired) electrons. The maximum atomic E-state index is 12.7. The lowest BCUT2D eigenvalue weighted by Gasteiger charge is -2.31. The molecule has 0 aliphatic carbocycles. The molecule has 2 N–H and O–H groups in total. The van der Waals surface area contributed by atoms with Gasteiger partial charge in [-0.15, -0.1) is 0 Å². The minimum atomic E-state index is -3.47. The van der Waals surface area contributed by atoms with Gasteiger partial charge in [0.2, 0.25) is 10.0 Å². The Hall–Kier alpha value is -0.950. The number of nitrogens with zero attached hydrogens (tertiary/aromatic N) is 1. The molecule has 6 heteroatoms. The smallest absolute Gasteiger partial charge is 0.243 e. The number of sulfonamides is 1. The van der Waals surface area contributed by atoms with E-state index < -0.39 is 10.0 Å². The molecule has 0 aromatic heterocycles. The molecular weight excluding hydrogens is 288 g/mol. The molecule has 0 bridgehead atoms. The van der Waals surface area contributed by atoms with Crippen molar-refractivity contribution in [3.63, 3.8) is 0 Å². The summed E-state index contributed by atoms with van der Waals surface area (Å²) in [6.45, 7) is 2.95. The molecule has 1 aromatic rings. The Balaban J connectivity index is 2.27. The Kier molecular flexibility index (Phi) is 5.37. The van der Waals surface area contributed by atoms with E-state index in [2.05, 4.69) is 0 Å². The van der Waals surface area contributed by atoms with E-state index in [1.54, 1.807) is 25.3 Å². The molecule has 1 saturated heterocycles. The molecule has 0 amide bonds. The van der Waals surface area contributed by atoms with Crippen molar-refractivity contribution in [2.24, 2.45) is 5.73 Å². The van der Waals surface area contributed by atoms with Crippen molar-refractivity contribution in [2.75, 3.05) is 20.2 Å². The Morgan fingerprint density at radius 2 is 2.24 bits per heavy atom. The van der Waals surface area contributed by atoms with Crippen molar-refractivity contribution < 1.29 is 13.2 Å². The third-order valence-electron chi connectivity index (χ3n) is 4.04. The van der Waals surface area contributed by atoms with Gasteiger partial charge in [-0.2, -0.15) is 4.31 Å². The summed E-state index contributed by atoms with van der Waals surface area (Å²) in [4.78, 5) is 0.320. The van der Waals surface area contributed by atoms with Crippen molar-refractivity contribution in [3.05, 3.63) is 29.8 Å². The SMILES string of the molecule is CCC(N)c1cccc(S(=O)(=O)N2CCCC(OC)C2)c1. The summed E-state index contributed by atoms with van der Waals surface area (Å²) in [6.07, 6.45) is 2.49. The lowest BCUT2D eigenvalue weighted by atomic mass is 10.1. The molecule has 2 rings (SSSR count). The molecule has 1 fully saturated rings. The molecule has 1 aromatic carbocycles. The van der Waals surface area contributed by atoms with Gasteiger partial charge in [-0.1, -0.05) is 19.1 Å². The topological polar surface area (TPSA) is 72.6 Å². The highest BCUT2D eigenvalue weighted by atomic mass is 32.2. The highest BCUT2D eigenvalue weighted by Crippen LogP contribution is 2.24. The predicted molar refractivity (Wildman–Crippen MR) is 82.5 cm³/mol. The molecular formula is C15H24N2O3S. The Morgan fingerprint density at radius 1 is 1.48 bits per heavy atom. The van der Waals surface area contributed by atoms with Gasteiger partial charge in [-0.25, -0.2) is 8.42 Å². The van der Waals surface area contributed by atoms with E-state index in [1.807, 2.05) is 13.0 Å². The third-order valence-corrected chi connectivity index (χ3v) is 5.90. The monoisotopic (exact) mass is 312 g/mol. The molecule has 0 saturated carbocycles. The summed E-state index contributed by atoms with van der Waals surface area (Å²) >= 11 is 0. The number of methoxy groups -OCH3 is 1. The third kappa shape index (κ3) is 3.63. The molecule has 2 unspecified atom stereocenters. The quantitative estimate of drug-likeness (QED) is 0.901. The van der Waals surface area contributed by atoms with Gasteiger partial charge in [0.25, 0.3) is 0 Å². The first kappa shape index (κ1) is 16.4. The fourth-order valence-corrected chi connectivity index (χ4v) is 4.17. The maximum absolute atomic E-state index is 12.7. The minimum absolute atomic E-state index is 0.0189. The van der Waals surface area contributed by atoms with Crippen molar-refractivity contribution in [1.29, 1.82) is 0 Å². The lowest BCUT2D eigenvalue weighted by molar-refractivity contribution is 0.0572. The van der Waals surface area contributed by atoms with Gasteiger partial charge in [0, 0.05) is 26.2 Å². The number of hydrogen-bond acceptors (Lipinski definition) is 4. The number of ether oxygens (including phenoxy) is 1. The second kappa shape index (κ2) is 6.87. The molecule has 0 spiro atoms. The van der Waals surface area contributed by atoms with Gasteiger partial charge >= 0.3 is 0 Å². The van der Waals surface area contributed by atoms with E-state index >= 15 is 0 Å². The average Bonchev–Trinajstić information content (AvgIpc) is 2.54. The van der Waals surface area contributed by atoms with Gasteiger partial charge < -0.3 is 10.5 Å². The summed E-state index contributed by atoms with van der Waals surface area (Å²) in [6, 6.07) is 6.84. The Morgan fingerprint density at radius 3 is 2.90 bits per heavy atom. The van der Waals surface area contributed by atoms with Gasteiger partial charge in [0.1, 0.15) is 0 Å². The lowest BCUT2D eigenvalue weighted by Crippen LogP contribution is -2.42. The summed E-state index contributed by atoms with van der Waals surface area (Å²) in [5.74, 6) is 0. The van der Waals surface area contributed by atoms with Crippen molar-refractivity contribution in [3.8, 4) is 0 Å². The van der Waals surface area contributed by atoms with Crippen LogP contribution in [-0.2, 0) is 14.8 Å². The van der Waals surface area contributed by atoms with E-state index in [4.69, 9.17) is 10.5 Å². The van der Waals surface area contributed by atoms with Crippen LogP contribution in [0, 0.1) is 0 Å². The fourth-order valence-electron chi connectivity index (χ4n) is 2.61. The minimum Gasteiger partial charge on any atom is -0.380 e. The predicted octanol–water partition coefficient (Wildman–Crippen LogP) is 1.90. The van der Waals surface area contributed by atoms with Crippen LogP contribution in [0.1, 0.15) is 37.8 Å². The summed E-state index contributed by atoms with van der Waals surface area (Å²) < 4.78 is 32.3. The van der Waals surface area contributed by atoms with Crippen molar-refractivity contribution in [1.82, 2.24) is 4.31 Å². The molecule has 1 aliphatic heterocycles. The second-order valence-corrected chi connectivity index (χ2v) is 7.39. The van der Waals surface area contributed by atoms with Crippen LogP contribution >= 0.6 is 0 Å². The molecule has 5 nitrogen and oxygen atoms in total. The van der Waals surface area contributed by atoms with E-state index in [-0.39, 0.29) is 12.1 Å². The van der Waals surface area contributed by atoms with Crippen LogP contribution in [0.3, 0.4) is 0 Å². The average molecular weight is 312 g/mol. The van der Waals surface area contributed by atoms with Crippen LogP contribution in [0.5, 0.6) is 0 Å². The number of piperidine rings is 1. The normalized spacial score (nSPS) is 22.1. The van der Waals surface area contributed by atoms with Crippen molar-refractivity contribution in [2.45, 2.75) is 43.2 Å². The molecule has 2 atom stereocenters. The Labute approximate surface area is 127 Å². The zero-order valence-electron chi connectivity index (χ0n) is 12.7. The molecule has 21 heavy (non-hydrogen) atoms.